The second kappa shape index (κ2) is 4.62. The topological polar surface area (TPSA) is 49.4 Å². The molecule has 4 heteroatoms. The van der Waals surface area contributed by atoms with E-state index in [-0.39, 0.29) is 11.9 Å². The Morgan fingerprint density at radius 3 is 2.20 bits per heavy atom. The number of benzene rings is 1. The Morgan fingerprint density at radius 1 is 1.00 bits per heavy atom. The lowest BCUT2D eigenvalue weighted by Gasteiger charge is -2.30. The van der Waals surface area contributed by atoms with Crippen molar-refractivity contribution in [3.05, 3.63) is 29.3 Å². The number of rotatable bonds is 1. The van der Waals surface area contributed by atoms with Gasteiger partial charge in [0.05, 0.1) is 5.69 Å². The van der Waals surface area contributed by atoms with Crippen molar-refractivity contribution in [2.45, 2.75) is 51.5 Å². The van der Waals surface area contributed by atoms with Crippen LogP contribution in [0.4, 0.5) is 10.5 Å². The molecule has 1 aliphatic heterocycles. The standard InChI is InChI=1S/C16H20N2O2/c1-11-8-12(2)10-13(9-11)18-14(19)16(17-15(18)20)6-4-3-5-7-16/h8-10H,3-7H2,1-2H3,(H,17,20). The van der Waals surface area contributed by atoms with Gasteiger partial charge in [-0.2, -0.15) is 0 Å². The summed E-state index contributed by atoms with van der Waals surface area (Å²) in [4.78, 5) is 26.4. The summed E-state index contributed by atoms with van der Waals surface area (Å²) in [5.74, 6) is -0.0767. The van der Waals surface area contributed by atoms with Crippen molar-refractivity contribution in [1.82, 2.24) is 5.32 Å². The van der Waals surface area contributed by atoms with Gasteiger partial charge in [-0.25, -0.2) is 9.69 Å². The second-order valence-electron chi connectivity index (χ2n) is 6.06. The zero-order valence-corrected chi connectivity index (χ0v) is 12.0. The minimum absolute atomic E-state index is 0.0767. The molecule has 1 saturated carbocycles. The summed E-state index contributed by atoms with van der Waals surface area (Å²) in [6, 6.07) is 5.55. The van der Waals surface area contributed by atoms with Gasteiger partial charge in [0.15, 0.2) is 0 Å². The highest BCUT2D eigenvalue weighted by molar-refractivity contribution is 6.23. The van der Waals surface area contributed by atoms with Crippen LogP contribution in [-0.4, -0.2) is 17.5 Å². The van der Waals surface area contributed by atoms with Crippen LogP contribution in [0.5, 0.6) is 0 Å². The molecule has 1 aromatic carbocycles. The first kappa shape index (κ1) is 13.2. The number of nitrogens with one attached hydrogen (secondary N) is 1. The Hall–Kier alpha value is -1.84. The molecule has 0 radical (unpaired) electrons. The maximum atomic E-state index is 12.8. The van der Waals surface area contributed by atoms with E-state index < -0.39 is 5.54 Å². The molecule has 0 bridgehead atoms. The third kappa shape index (κ3) is 1.99. The Labute approximate surface area is 119 Å². The number of urea groups is 1. The van der Waals surface area contributed by atoms with E-state index in [1.807, 2.05) is 32.0 Å². The molecule has 1 spiro atoms. The lowest BCUT2D eigenvalue weighted by atomic mass is 9.81. The van der Waals surface area contributed by atoms with E-state index in [4.69, 9.17) is 0 Å². The van der Waals surface area contributed by atoms with E-state index in [0.717, 1.165) is 43.2 Å². The third-order valence-corrected chi connectivity index (χ3v) is 4.33. The molecular weight excluding hydrogens is 252 g/mol. The van der Waals surface area contributed by atoms with Gasteiger partial charge in [-0.15, -0.1) is 0 Å². The molecule has 3 amide bonds. The second-order valence-corrected chi connectivity index (χ2v) is 6.06. The fourth-order valence-corrected chi connectivity index (χ4v) is 3.43. The molecular formula is C16H20N2O2. The highest BCUT2D eigenvalue weighted by Gasteiger charge is 2.51. The molecule has 1 aromatic rings. The van der Waals surface area contributed by atoms with Crippen molar-refractivity contribution in [3.8, 4) is 0 Å². The third-order valence-electron chi connectivity index (χ3n) is 4.33. The smallest absolute Gasteiger partial charge is 0.323 e. The van der Waals surface area contributed by atoms with Crippen molar-refractivity contribution < 1.29 is 9.59 Å². The summed E-state index contributed by atoms with van der Waals surface area (Å²) in [7, 11) is 0. The quantitative estimate of drug-likeness (QED) is 0.799. The summed E-state index contributed by atoms with van der Waals surface area (Å²) in [6.07, 6.45) is 4.69. The predicted molar refractivity (Wildman–Crippen MR) is 77.7 cm³/mol. The number of carbonyl (C=O) groups excluding carboxylic acids is 2. The number of aryl methyl sites for hydroxylation is 2. The predicted octanol–water partition coefficient (Wildman–Crippen LogP) is 3.06. The van der Waals surface area contributed by atoms with Crippen LogP contribution in [0.15, 0.2) is 18.2 Å². The van der Waals surface area contributed by atoms with E-state index in [0.29, 0.717) is 5.69 Å². The van der Waals surface area contributed by atoms with Gasteiger partial charge in [0.2, 0.25) is 0 Å². The average Bonchev–Trinajstić information content (AvgIpc) is 2.60. The summed E-state index contributed by atoms with van der Waals surface area (Å²) in [6.45, 7) is 3.96. The van der Waals surface area contributed by atoms with Gasteiger partial charge in [0.25, 0.3) is 5.91 Å². The van der Waals surface area contributed by atoms with Crippen molar-refractivity contribution in [3.63, 3.8) is 0 Å². The SMILES string of the molecule is Cc1cc(C)cc(N2C(=O)NC3(CCCCC3)C2=O)c1. The van der Waals surface area contributed by atoms with Gasteiger partial charge in [-0.05, 0) is 49.9 Å². The van der Waals surface area contributed by atoms with Crippen molar-refractivity contribution in [2.24, 2.45) is 0 Å². The number of nitrogens with zero attached hydrogens (tertiary/aromatic N) is 1. The van der Waals surface area contributed by atoms with E-state index >= 15 is 0 Å². The van der Waals surface area contributed by atoms with Crippen LogP contribution in [0.25, 0.3) is 0 Å². The highest BCUT2D eigenvalue weighted by Crippen LogP contribution is 2.36. The first-order valence-electron chi connectivity index (χ1n) is 7.27. The van der Waals surface area contributed by atoms with E-state index in [2.05, 4.69) is 5.32 Å². The van der Waals surface area contributed by atoms with Gasteiger partial charge in [-0.1, -0.05) is 25.3 Å². The number of amides is 3. The molecule has 2 aliphatic rings. The molecule has 2 fully saturated rings. The minimum atomic E-state index is -0.646. The molecule has 1 N–H and O–H groups in total. The first-order chi connectivity index (χ1) is 9.52. The molecule has 4 nitrogen and oxygen atoms in total. The number of imide groups is 1. The summed E-state index contributed by atoms with van der Waals surface area (Å²) < 4.78 is 0. The molecule has 0 aromatic heterocycles. The fraction of sp³-hybridized carbons (Fsp3) is 0.500. The van der Waals surface area contributed by atoms with E-state index in [1.54, 1.807) is 0 Å². The molecule has 3 rings (SSSR count). The van der Waals surface area contributed by atoms with Gasteiger partial charge in [0.1, 0.15) is 5.54 Å². The molecule has 106 valence electrons. The summed E-state index contributed by atoms with van der Waals surface area (Å²) >= 11 is 0. The van der Waals surface area contributed by atoms with Gasteiger partial charge in [-0.3, -0.25) is 4.79 Å². The number of carbonyl (C=O) groups is 2. The maximum absolute atomic E-state index is 12.8. The number of hydrogen-bond donors (Lipinski definition) is 1. The lowest BCUT2D eigenvalue weighted by Crippen LogP contribution is -2.48. The van der Waals surface area contributed by atoms with Crippen LogP contribution >= 0.6 is 0 Å². The normalized spacial score (nSPS) is 21.4. The highest BCUT2D eigenvalue weighted by atomic mass is 16.2. The molecule has 0 atom stereocenters. The van der Waals surface area contributed by atoms with Gasteiger partial charge in [0, 0.05) is 0 Å². The van der Waals surface area contributed by atoms with Crippen LogP contribution in [0, 0.1) is 13.8 Å². The van der Waals surface area contributed by atoms with Crippen molar-refractivity contribution in [1.29, 1.82) is 0 Å². The van der Waals surface area contributed by atoms with E-state index in [9.17, 15) is 9.59 Å². The Kier molecular flexibility index (Phi) is 3.04. The maximum Gasteiger partial charge on any atom is 0.329 e. The summed E-state index contributed by atoms with van der Waals surface area (Å²) in [5, 5.41) is 2.94. The van der Waals surface area contributed by atoms with E-state index in [1.165, 1.54) is 4.90 Å². The van der Waals surface area contributed by atoms with Crippen LogP contribution in [0.2, 0.25) is 0 Å². The molecule has 20 heavy (non-hydrogen) atoms. The molecule has 0 unspecified atom stereocenters. The average molecular weight is 272 g/mol. The largest absolute Gasteiger partial charge is 0.329 e. The summed E-state index contributed by atoms with van der Waals surface area (Å²) in [5.41, 5.74) is 2.16. The van der Waals surface area contributed by atoms with Gasteiger partial charge >= 0.3 is 6.03 Å². The molecule has 1 heterocycles. The van der Waals surface area contributed by atoms with Crippen LogP contribution < -0.4 is 10.2 Å². The Balaban J connectivity index is 1.98. The monoisotopic (exact) mass is 272 g/mol. The number of hydrogen-bond acceptors (Lipinski definition) is 2. The Bertz CT molecular complexity index is 554. The lowest BCUT2D eigenvalue weighted by molar-refractivity contribution is -0.123. The Morgan fingerprint density at radius 2 is 1.60 bits per heavy atom. The minimum Gasteiger partial charge on any atom is -0.323 e. The zero-order valence-electron chi connectivity index (χ0n) is 12.0. The first-order valence-corrected chi connectivity index (χ1v) is 7.27. The van der Waals surface area contributed by atoms with Crippen molar-refractivity contribution in [2.75, 3.05) is 4.90 Å². The zero-order chi connectivity index (χ0) is 14.3. The number of anilines is 1. The van der Waals surface area contributed by atoms with Crippen LogP contribution in [-0.2, 0) is 4.79 Å². The molecule has 1 aliphatic carbocycles. The van der Waals surface area contributed by atoms with Crippen molar-refractivity contribution >= 4 is 17.6 Å². The fourth-order valence-electron chi connectivity index (χ4n) is 3.43. The van der Waals surface area contributed by atoms with Crippen LogP contribution in [0.3, 0.4) is 0 Å². The molecule has 1 saturated heterocycles. The van der Waals surface area contributed by atoms with Gasteiger partial charge < -0.3 is 5.32 Å². The van der Waals surface area contributed by atoms with Crippen LogP contribution in [0.1, 0.15) is 43.2 Å².